The smallest absolute Gasteiger partial charge is 0.226 e. The van der Waals surface area contributed by atoms with E-state index in [4.69, 9.17) is 4.98 Å². The third kappa shape index (κ3) is 2.96. The quantitative estimate of drug-likeness (QED) is 0.909. The highest BCUT2D eigenvalue weighted by atomic mass is 32.1. The number of aliphatic hydroxyl groups excluding tert-OH is 1. The van der Waals surface area contributed by atoms with Crippen LogP contribution in [0.25, 0.3) is 10.2 Å². The lowest BCUT2D eigenvalue weighted by atomic mass is 9.99. The highest BCUT2D eigenvalue weighted by Gasteiger charge is 2.23. The Morgan fingerprint density at radius 3 is 3.10 bits per heavy atom. The number of nitrogens with one attached hydrogen (secondary N) is 1. The topological polar surface area (TPSA) is 61.3 Å². The van der Waals surface area contributed by atoms with E-state index >= 15 is 0 Å². The van der Waals surface area contributed by atoms with Gasteiger partial charge in [-0.2, -0.15) is 4.98 Å². The SMILES string of the molecule is CCNc1nc(N2CCCC(CO)C2)c2cc(C)sc2n1. The van der Waals surface area contributed by atoms with Crippen molar-refractivity contribution in [1.29, 1.82) is 0 Å². The molecule has 2 N–H and O–H groups in total. The Balaban J connectivity index is 2.02. The largest absolute Gasteiger partial charge is 0.396 e. The molecule has 2 aromatic heterocycles. The first-order valence-corrected chi connectivity index (χ1v) is 8.40. The molecule has 21 heavy (non-hydrogen) atoms. The average molecular weight is 306 g/mol. The molecule has 1 fully saturated rings. The molecule has 3 heterocycles. The standard InChI is InChI=1S/C15H22N4OS/c1-3-16-15-17-13(12-7-10(2)21-14(12)18-15)19-6-4-5-11(8-19)9-20/h7,11,20H,3-6,8-9H2,1-2H3,(H,16,17,18). The molecule has 1 aliphatic heterocycles. The van der Waals surface area contributed by atoms with Crippen LogP contribution in [0.5, 0.6) is 0 Å². The molecule has 1 unspecified atom stereocenters. The summed E-state index contributed by atoms with van der Waals surface area (Å²) >= 11 is 1.71. The van der Waals surface area contributed by atoms with E-state index in [2.05, 4.69) is 35.1 Å². The normalized spacial score (nSPS) is 19.2. The fraction of sp³-hybridized carbons (Fsp3) is 0.600. The maximum absolute atomic E-state index is 9.44. The fourth-order valence-electron chi connectivity index (χ4n) is 2.91. The number of hydrogen-bond donors (Lipinski definition) is 2. The zero-order chi connectivity index (χ0) is 14.8. The minimum atomic E-state index is 0.257. The van der Waals surface area contributed by atoms with Gasteiger partial charge in [-0.25, -0.2) is 4.98 Å². The number of rotatable bonds is 4. The molecule has 0 bridgehead atoms. The number of aromatic nitrogens is 2. The summed E-state index contributed by atoms with van der Waals surface area (Å²) in [4.78, 5) is 13.9. The molecule has 0 spiro atoms. The van der Waals surface area contributed by atoms with Crippen molar-refractivity contribution in [2.24, 2.45) is 5.92 Å². The highest BCUT2D eigenvalue weighted by Crippen LogP contribution is 2.33. The monoisotopic (exact) mass is 306 g/mol. The molecule has 1 aliphatic rings. The molecule has 3 rings (SSSR count). The number of hydrogen-bond acceptors (Lipinski definition) is 6. The predicted molar refractivity (Wildman–Crippen MR) is 88.3 cm³/mol. The van der Waals surface area contributed by atoms with E-state index < -0.39 is 0 Å². The number of fused-ring (bicyclic) bond motifs is 1. The molecular weight excluding hydrogens is 284 g/mol. The van der Waals surface area contributed by atoms with Crippen LogP contribution in [-0.4, -0.2) is 41.3 Å². The first-order chi connectivity index (χ1) is 10.2. The van der Waals surface area contributed by atoms with E-state index in [1.54, 1.807) is 11.3 Å². The first-order valence-electron chi connectivity index (χ1n) is 7.59. The van der Waals surface area contributed by atoms with Gasteiger partial charge in [-0.3, -0.25) is 0 Å². The van der Waals surface area contributed by atoms with E-state index in [-0.39, 0.29) is 6.61 Å². The van der Waals surface area contributed by atoms with E-state index in [1.807, 2.05) is 0 Å². The Kier molecular flexibility index (Phi) is 4.26. The number of anilines is 2. The van der Waals surface area contributed by atoms with Crippen LogP contribution in [0.15, 0.2) is 6.07 Å². The lowest BCUT2D eigenvalue weighted by Gasteiger charge is -2.33. The summed E-state index contributed by atoms with van der Waals surface area (Å²) < 4.78 is 0. The number of piperidine rings is 1. The molecule has 5 nitrogen and oxygen atoms in total. The number of nitrogens with zero attached hydrogens (tertiary/aromatic N) is 3. The summed E-state index contributed by atoms with van der Waals surface area (Å²) in [7, 11) is 0. The van der Waals surface area contributed by atoms with Crippen molar-refractivity contribution >= 4 is 33.3 Å². The highest BCUT2D eigenvalue weighted by molar-refractivity contribution is 7.18. The van der Waals surface area contributed by atoms with Crippen molar-refractivity contribution in [3.63, 3.8) is 0 Å². The average Bonchev–Trinajstić information content (AvgIpc) is 2.87. The summed E-state index contributed by atoms with van der Waals surface area (Å²) in [5.41, 5.74) is 0. The van der Waals surface area contributed by atoms with Gasteiger partial charge < -0.3 is 15.3 Å². The van der Waals surface area contributed by atoms with Gasteiger partial charge >= 0.3 is 0 Å². The maximum Gasteiger partial charge on any atom is 0.226 e. The van der Waals surface area contributed by atoms with E-state index in [1.165, 1.54) is 4.88 Å². The Morgan fingerprint density at radius 2 is 2.33 bits per heavy atom. The lowest BCUT2D eigenvalue weighted by Crippen LogP contribution is -2.37. The Hall–Kier alpha value is -1.40. The zero-order valence-electron chi connectivity index (χ0n) is 12.6. The fourth-order valence-corrected chi connectivity index (χ4v) is 3.79. The van der Waals surface area contributed by atoms with Gasteiger partial charge in [0.25, 0.3) is 0 Å². The van der Waals surface area contributed by atoms with Crippen LogP contribution in [-0.2, 0) is 0 Å². The van der Waals surface area contributed by atoms with Crippen LogP contribution < -0.4 is 10.2 Å². The molecule has 0 saturated carbocycles. The van der Waals surface area contributed by atoms with E-state index in [0.717, 1.165) is 48.5 Å². The zero-order valence-corrected chi connectivity index (χ0v) is 13.4. The van der Waals surface area contributed by atoms with Crippen LogP contribution in [0.2, 0.25) is 0 Å². The summed E-state index contributed by atoms with van der Waals surface area (Å²) in [6.07, 6.45) is 2.21. The maximum atomic E-state index is 9.44. The predicted octanol–water partition coefficient (Wildman–Crippen LogP) is 2.64. The molecule has 0 radical (unpaired) electrons. The summed E-state index contributed by atoms with van der Waals surface area (Å²) in [5, 5.41) is 13.8. The van der Waals surface area contributed by atoms with Crippen LogP contribution in [0, 0.1) is 12.8 Å². The molecule has 0 aliphatic carbocycles. The van der Waals surface area contributed by atoms with Gasteiger partial charge in [0.15, 0.2) is 0 Å². The summed E-state index contributed by atoms with van der Waals surface area (Å²) in [6.45, 7) is 7.11. The van der Waals surface area contributed by atoms with Crippen molar-refractivity contribution in [3.05, 3.63) is 10.9 Å². The second-order valence-electron chi connectivity index (χ2n) is 5.61. The van der Waals surface area contributed by atoms with Crippen LogP contribution in [0.4, 0.5) is 11.8 Å². The Morgan fingerprint density at radius 1 is 1.48 bits per heavy atom. The minimum Gasteiger partial charge on any atom is -0.396 e. The molecule has 1 atom stereocenters. The van der Waals surface area contributed by atoms with E-state index in [0.29, 0.717) is 11.9 Å². The number of aliphatic hydroxyl groups is 1. The molecule has 0 amide bonds. The number of thiophene rings is 1. The molecule has 0 aromatic carbocycles. The Labute approximate surface area is 129 Å². The van der Waals surface area contributed by atoms with Crippen molar-refractivity contribution in [2.75, 3.05) is 36.5 Å². The minimum absolute atomic E-state index is 0.257. The second-order valence-corrected chi connectivity index (χ2v) is 6.85. The lowest BCUT2D eigenvalue weighted by molar-refractivity contribution is 0.208. The summed E-state index contributed by atoms with van der Waals surface area (Å²) in [6, 6.07) is 2.17. The summed E-state index contributed by atoms with van der Waals surface area (Å²) in [5.74, 6) is 2.07. The van der Waals surface area contributed by atoms with Gasteiger partial charge in [0.05, 0.1) is 5.39 Å². The first kappa shape index (κ1) is 14.5. The van der Waals surface area contributed by atoms with Crippen LogP contribution in [0.1, 0.15) is 24.6 Å². The van der Waals surface area contributed by atoms with Crippen molar-refractivity contribution < 1.29 is 5.11 Å². The Bertz CT molecular complexity index is 627. The van der Waals surface area contributed by atoms with Gasteiger partial charge in [0.2, 0.25) is 5.95 Å². The molecular formula is C15H22N4OS. The van der Waals surface area contributed by atoms with Crippen molar-refractivity contribution in [1.82, 2.24) is 9.97 Å². The third-order valence-electron chi connectivity index (χ3n) is 3.91. The molecule has 1 saturated heterocycles. The second kappa shape index (κ2) is 6.15. The van der Waals surface area contributed by atoms with Crippen molar-refractivity contribution in [3.8, 4) is 0 Å². The van der Waals surface area contributed by atoms with Gasteiger partial charge in [0.1, 0.15) is 10.6 Å². The van der Waals surface area contributed by atoms with Gasteiger partial charge in [-0.1, -0.05) is 0 Å². The van der Waals surface area contributed by atoms with Crippen LogP contribution >= 0.6 is 11.3 Å². The van der Waals surface area contributed by atoms with Crippen molar-refractivity contribution in [2.45, 2.75) is 26.7 Å². The van der Waals surface area contributed by atoms with Gasteiger partial charge in [-0.15, -0.1) is 11.3 Å². The number of aryl methyl sites for hydroxylation is 1. The van der Waals surface area contributed by atoms with Gasteiger partial charge in [0, 0.05) is 31.1 Å². The third-order valence-corrected chi connectivity index (χ3v) is 4.85. The van der Waals surface area contributed by atoms with Gasteiger partial charge in [-0.05, 0) is 38.7 Å². The van der Waals surface area contributed by atoms with E-state index in [9.17, 15) is 5.11 Å². The molecule has 2 aromatic rings. The molecule has 114 valence electrons. The molecule has 6 heteroatoms. The van der Waals surface area contributed by atoms with Crippen LogP contribution in [0.3, 0.4) is 0 Å².